The molecule has 1 aromatic carbocycles. The van der Waals surface area contributed by atoms with E-state index in [1.54, 1.807) is 48.8 Å². The summed E-state index contributed by atoms with van der Waals surface area (Å²) in [7, 11) is 0. The van der Waals surface area contributed by atoms with Crippen LogP contribution in [0.5, 0.6) is 5.75 Å². The Morgan fingerprint density at radius 2 is 2.00 bits per heavy atom. The van der Waals surface area contributed by atoms with Crippen molar-refractivity contribution < 1.29 is 27.8 Å². The first-order valence-corrected chi connectivity index (χ1v) is 12.2. The largest absolute Gasteiger partial charge is 0.438 e. The Balaban J connectivity index is 1.24. The molecule has 1 saturated heterocycles. The number of pyridine rings is 2. The van der Waals surface area contributed by atoms with Crippen molar-refractivity contribution in [2.24, 2.45) is 5.92 Å². The summed E-state index contributed by atoms with van der Waals surface area (Å²) in [5.74, 6) is 0.613. The number of nitrogens with one attached hydrogen (secondary N) is 1. The number of rotatable bonds is 7. The molecule has 3 aromatic heterocycles. The van der Waals surface area contributed by atoms with Crippen molar-refractivity contribution in [3.05, 3.63) is 71.8 Å². The monoisotopic (exact) mass is 541 g/mol. The number of hydrogen-bond acceptors (Lipinski definition) is 8. The predicted octanol–water partition coefficient (Wildman–Crippen LogP) is 3.58. The van der Waals surface area contributed by atoms with Crippen LogP contribution in [0, 0.1) is 5.92 Å². The van der Waals surface area contributed by atoms with Crippen LogP contribution in [-0.2, 0) is 19.3 Å². The maximum Gasteiger partial charge on any atom is 0.438 e. The molecule has 10 nitrogen and oxygen atoms in total. The van der Waals surface area contributed by atoms with Crippen LogP contribution in [0.4, 0.5) is 29.6 Å². The molecule has 1 amide bonds. The van der Waals surface area contributed by atoms with Gasteiger partial charge in [0.2, 0.25) is 5.69 Å². The molecule has 1 unspecified atom stereocenters. The number of halogens is 3. The molecule has 4 aromatic rings. The topological polar surface area (TPSA) is 131 Å². The smallest absolute Gasteiger partial charge is 0.406 e. The van der Waals surface area contributed by atoms with E-state index in [2.05, 4.69) is 25.3 Å². The van der Waals surface area contributed by atoms with Crippen LogP contribution in [0.1, 0.15) is 23.2 Å². The van der Waals surface area contributed by atoms with Crippen molar-refractivity contribution >= 4 is 28.5 Å². The highest BCUT2D eigenvalue weighted by Crippen LogP contribution is 2.35. The molecule has 0 bridgehead atoms. The highest BCUT2D eigenvalue weighted by atomic mass is 19.4. The molecule has 0 radical (unpaired) electrons. The molecule has 4 N–H and O–H groups in total. The van der Waals surface area contributed by atoms with E-state index in [9.17, 15) is 23.1 Å². The van der Waals surface area contributed by atoms with Gasteiger partial charge in [0.1, 0.15) is 11.6 Å². The molecule has 13 heteroatoms. The fraction of sp³-hybridized carbons (Fsp3) is 0.308. The van der Waals surface area contributed by atoms with Gasteiger partial charge in [-0.1, -0.05) is 18.2 Å². The molecular formula is C26H26F3N7O3. The van der Waals surface area contributed by atoms with E-state index in [0.717, 1.165) is 40.4 Å². The van der Waals surface area contributed by atoms with Crippen molar-refractivity contribution in [1.82, 2.24) is 25.1 Å². The summed E-state index contributed by atoms with van der Waals surface area (Å²) in [5, 5.41) is 17.0. The van der Waals surface area contributed by atoms with E-state index in [-0.39, 0.29) is 25.6 Å². The Kier molecular flexibility index (Phi) is 7.24. The molecular weight excluding hydrogens is 515 g/mol. The number of nitrogen functional groups attached to an aromatic ring is 1. The number of nitrogens with zero attached hydrogens (tertiary/aromatic N) is 5. The van der Waals surface area contributed by atoms with Crippen LogP contribution in [0.25, 0.3) is 10.8 Å². The highest BCUT2D eigenvalue weighted by Gasteiger charge is 2.39. The van der Waals surface area contributed by atoms with Gasteiger partial charge in [-0.05, 0) is 41.1 Å². The van der Waals surface area contributed by atoms with Crippen LogP contribution < -0.4 is 20.7 Å². The van der Waals surface area contributed by atoms with E-state index < -0.39 is 23.7 Å². The number of aliphatic hydroxyl groups is 1. The van der Waals surface area contributed by atoms with Gasteiger partial charge in [0.25, 0.3) is 0 Å². The molecule has 1 aliphatic heterocycles. The first-order valence-electron chi connectivity index (χ1n) is 12.2. The fourth-order valence-electron chi connectivity index (χ4n) is 4.50. The van der Waals surface area contributed by atoms with Gasteiger partial charge < -0.3 is 25.8 Å². The van der Waals surface area contributed by atoms with Gasteiger partial charge in [-0.2, -0.15) is 18.3 Å². The second-order valence-corrected chi connectivity index (χ2v) is 9.34. The number of carbonyl (C=O) groups is 1. The third-order valence-electron chi connectivity index (χ3n) is 6.52. The van der Waals surface area contributed by atoms with Crippen molar-refractivity contribution in [1.29, 1.82) is 0 Å². The standard InChI is InChI=1S/C26H26F3N7O3/c27-26(28,29)23-21(39-25(38)33-10-16-1-3-20-19(9-16)5-7-31-24(20)30)14-36(34-23)13-17-2-4-22(32-11-17)35-8-6-18(12-35)15-37/h1-5,7,9,11,14,18,37H,6,8,10,12-13,15H2,(H2,30,31)(H,33,38). The fourth-order valence-corrected chi connectivity index (χ4v) is 4.50. The van der Waals surface area contributed by atoms with Crippen LogP contribution in [0.2, 0.25) is 0 Å². The number of aliphatic hydroxyl groups excluding tert-OH is 1. The first-order chi connectivity index (χ1) is 18.7. The number of hydrogen-bond donors (Lipinski definition) is 3. The third kappa shape index (κ3) is 6.03. The summed E-state index contributed by atoms with van der Waals surface area (Å²) in [6, 6.07) is 10.6. The molecule has 39 heavy (non-hydrogen) atoms. The Bertz CT molecular complexity index is 1470. The number of benzene rings is 1. The van der Waals surface area contributed by atoms with Gasteiger partial charge in [0.05, 0.1) is 12.7 Å². The second kappa shape index (κ2) is 10.8. The van der Waals surface area contributed by atoms with Crippen molar-refractivity contribution in [3.63, 3.8) is 0 Å². The van der Waals surface area contributed by atoms with E-state index in [4.69, 9.17) is 10.5 Å². The lowest BCUT2D eigenvalue weighted by Crippen LogP contribution is -2.27. The van der Waals surface area contributed by atoms with Gasteiger partial charge in [-0.3, -0.25) is 4.68 Å². The van der Waals surface area contributed by atoms with Crippen molar-refractivity contribution in [2.75, 3.05) is 30.3 Å². The summed E-state index contributed by atoms with van der Waals surface area (Å²) in [6.07, 6.45) is -0.837. The zero-order valence-corrected chi connectivity index (χ0v) is 20.7. The zero-order chi connectivity index (χ0) is 27.6. The third-order valence-corrected chi connectivity index (χ3v) is 6.52. The highest BCUT2D eigenvalue weighted by molar-refractivity contribution is 5.91. The summed E-state index contributed by atoms with van der Waals surface area (Å²) >= 11 is 0. The molecule has 0 spiro atoms. The molecule has 1 aliphatic rings. The van der Waals surface area contributed by atoms with E-state index >= 15 is 0 Å². The number of nitrogens with two attached hydrogens (primary N) is 1. The number of amides is 1. The van der Waals surface area contributed by atoms with Crippen molar-refractivity contribution in [3.8, 4) is 5.75 Å². The summed E-state index contributed by atoms with van der Waals surface area (Å²) < 4.78 is 46.9. The van der Waals surface area contributed by atoms with E-state index in [0.29, 0.717) is 23.5 Å². The number of ether oxygens (including phenoxy) is 1. The Labute approximate surface area is 221 Å². The van der Waals surface area contributed by atoms with Gasteiger partial charge in [-0.15, -0.1) is 0 Å². The summed E-state index contributed by atoms with van der Waals surface area (Å²) in [4.78, 5) is 22.8. The minimum Gasteiger partial charge on any atom is -0.406 e. The normalized spacial score (nSPS) is 15.6. The Morgan fingerprint density at radius 3 is 2.72 bits per heavy atom. The average Bonchev–Trinajstić information content (AvgIpc) is 3.55. The lowest BCUT2D eigenvalue weighted by Gasteiger charge is -2.17. The zero-order valence-electron chi connectivity index (χ0n) is 20.7. The molecule has 0 aliphatic carbocycles. The second-order valence-electron chi connectivity index (χ2n) is 9.34. The lowest BCUT2D eigenvalue weighted by atomic mass is 10.1. The van der Waals surface area contributed by atoms with Crippen LogP contribution in [0.3, 0.4) is 0 Å². The maximum absolute atomic E-state index is 13.6. The molecule has 1 fully saturated rings. The SMILES string of the molecule is Nc1nccc2cc(CNC(=O)Oc3cn(Cc4ccc(N5CCC(CO)C5)nc4)nc3C(F)(F)F)ccc12. The van der Waals surface area contributed by atoms with E-state index in [1.165, 1.54) is 0 Å². The Morgan fingerprint density at radius 1 is 1.18 bits per heavy atom. The van der Waals surface area contributed by atoms with Gasteiger partial charge in [-0.25, -0.2) is 14.8 Å². The minimum absolute atomic E-state index is 0.00428. The van der Waals surface area contributed by atoms with Crippen LogP contribution in [-0.4, -0.2) is 50.6 Å². The number of anilines is 2. The first kappa shape index (κ1) is 26.2. The van der Waals surface area contributed by atoms with Crippen molar-refractivity contribution in [2.45, 2.75) is 25.7 Å². The number of aromatic nitrogens is 4. The quantitative estimate of drug-likeness (QED) is 0.324. The minimum atomic E-state index is -4.83. The molecule has 204 valence electrons. The predicted molar refractivity (Wildman–Crippen MR) is 137 cm³/mol. The molecule has 1 atom stereocenters. The lowest BCUT2D eigenvalue weighted by molar-refractivity contribution is -0.142. The number of carbonyl (C=O) groups excluding carboxylic acids is 1. The molecule has 4 heterocycles. The van der Waals surface area contributed by atoms with Gasteiger partial charge >= 0.3 is 12.3 Å². The average molecular weight is 542 g/mol. The van der Waals surface area contributed by atoms with Gasteiger partial charge in [0, 0.05) is 49.9 Å². The van der Waals surface area contributed by atoms with E-state index in [1.807, 2.05) is 0 Å². The van der Waals surface area contributed by atoms with Crippen LogP contribution in [0.15, 0.2) is 55.0 Å². The Hall–Kier alpha value is -4.39. The van der Waals surface area contributed by atoms with Gasteiger partial charge in [0.15, 0.2) is 5.75 Å². The maximum atomic E-state index is 13.6. The van der Waals surface area contributed by atoms with Crippen LogP contribution >= 0.6 is 0 Å². The summed E-state index contributed by atoms with van der Waals surface area (Å²) in [5.41, 5.74) is 5.86. The number of alkyl halides is 3. The number of fused-ring (bicyclic) bond motifs is 1. The molecule has 5 rings (SSSR count). The molecule has 0 saturated carbocycles. The summed E-state index contributed by atoms with van der Waals surface area (Å²) in [6.45, 7) is 1.62.